The molecule has 0 bridgehead atoms. The molecule has 20 heavy (non-hydrogen) atoms. The van der Waals surface area contributed by atoms with Gasteiger partial charge in [0, 0.05) is 13.1 Å². The van der Waals surface area contributed by atoms with Crippen molar-refractivity contribution in [2.75, 3.05) is 19.6 Å². The number of hydrogen-bond donors (Lipinski definition) is 0. The van der Waals surface area contributed by atoms with E-state index in [4.69, 9.17) is 11.6 Å². The van der Waals surface area contributed by atoms with Gasteiger partial charge in [-0.2, -0.15) is 0 Å². The summed E-state index contributed by atoms with van der Waals surface area (Å²) in [6.07, 6.45) is 2.55. The van der Waals surface area contributed by atoms with Crippen molar-refractivity contribution in [3.05, 3.63) is 29.8 Å². The number of aromatic nitrogens is 2. The zero-order valence-electron chi connectivity index (χ0n) is 11.6. The minimum absolute atomic E-state index is 0.177. The van der Waals surface area contributed by atoms with Crippen molar-refractivity contribution in [2.45, 2.75) is 31.7 Å². The molecular formula is C15H19ClFN3. The van der Waals surface area contributed by atoms with Gasteiger partial charge in [-0.15, -0.1) is 11.6 Å². The highest BCUT2D eigenvalue weighted by molar-refractivity contribution is 6.20. The molecule has 1 fully saturated rings. The van der Waals surface area contributed by atoms with Gasteiger partial charge in [0.05, 0.1) is 16.4 Å². The topological polar surface area (TPSA) is 21.1 Å². The second kappa shape index (κ2) is 5.70. The van der Waals surface area contributed by atoms with Gasteiger partial charge in [0.2, 0.25) is 0 Å². The van der Waals surface area contributed by atoms with E-state index in [1.165, 1.54) is 18.9 Å². The second-order valence-electron chi connectivity index (χ2n) is 5.42. The molecule has 0 aliphatic carbocycles. The molecule has 1 aliphatic rings. The van der Waals surface area contributed by atoms with Gasteiger partial charge in [0.1, 0.15) is 11.6 Å². The van der Waals surface area contributed by atoms with E-state index in [0.29, 0.717) is 0 Å². The molecule has 1 saturated heterocycles. The molecule has 108 valence electrons. The molecule has 3 nitrogen and oxygen atoms in total. The molecule has 0 N–H and O–H groups in total. The number of halogens is 2. The van der Waals surface area contributed by atoms with E-state index < -0.39 is 0 Å². The third-order valence-electron chi connectivity index (χ3n) is 3.93. The lowest BCUT2D eigenvalue weighted by Gasteiger charge is -2.17. The van der Waals surface area contributed by atoms with Crippen LogP contribution in [0.3, 0.4) is 0 Å². The number of likely N-dealkylation sites (tertiary alicyclic amines) is 1. The zero-order chi connectivity index (χ0) is 14.1. The maximum atomic E-state index is 13.5. The molecule has 3 rings (SSSR count). The molecule has 0 amide bonds. The van der Waals surface area contributed by atoms with Crippen LogP contribution in [0.1, 0.15) is 31.0 Å². The first kappa shape index (κ1) is 13.8. The minimum atomic E-state index is -0.228. The highest BCUT2D eigenvalue weighted by atomic mass is 35.5. The van der Waals surface area contributed by atoms with Crippen LogP contribution in [0.5, 0.6) is 0 Å². The van der Waals surface area contributed by atoms with E-state index in [1.807, 2.05) is 6.92 Å². The summed E-state index contributed by atoms with van der Waals surface area (Å²) < 4.78 is 15.5. The number of imidazole rings is 1. The summed E-state index contributed by atoms with van der Waals surface area (Å²) in [5.74, 6) is 0.597. The second-order valence-corrected chi connectivity index (χ2v) is 6.07. The number of rotatable bonds is 4. The molecule has 0 saturated carbocycles. The summed E-state index contributed by atoms with van der Waals surface area (Å²) in [7, 11) is 0. The third kappa shape index (κ3) is 2.67. The van der Waals surface area contributed by atoms with Crippen LogP contribution in [0, 0.1) is 5.82 Å². The minimum Gasteiger partial charge on any atom is -0.325 e. The summed E-state index contributed by atoms with van der Waals surface area (Å²) in [5.41, 5.74) is 1.65. The lowest BCUT2D eigenvalue weighted by molar-refractivity contribution is 0.322. The zero-order valence-corrected chi connectivity index (χ0v) is 12.4. The summed E-state index contributed by atoms with van der Waals surface area (Å²) >= 11 is 6.22. The fraction of sp³-hybridized carbons (Fsp3) is 0.533. The monoisotopic (exact) mass is 295 g/mol. The van der Waals surface area contributed by atoms with Crippen molar-refractivity contribution in [3.8, 4) is 0 Å². The van der Waals surface area contributed by atoms with E-state index in [0.717, 1.165) is 43.0 Å². The Hall–Kier alpha value is -1.13. The van der Waals surface area contributed by atoms with E-state index in [1.54, 1.807) is 12.1 Å². The van der Waals surface area contributed by atoms with Crippen LogP contribution in [-0.2, 0) is 6.54 Å². The van der Waals surface area contributed by atoms with Crippen LogP contribution >= 0.6 is 11.6 Å². The number of hydrogen-bond acceptors (Lipinski definition) is 2. The van der Waals surface area contributed by atoms with Crippen LogP contribution in [0.2, 0.25) is 0 Å². The fourth-order valence-electron chi connectivity index (χ4n) is 2.90. The smallest absolute Gasteiger partial charge is 0.127 e. The van der Waals surface area contributed by atoms with E-state index in [9.17, 15) is 4.39 Å². The summed E-state index contributed by atoms with van der Waals surface area (Å²) in [6.45, 7) is 6.01. The van der Waals surface area contributed by atoms with Gasteiger partial charge in [-0.1, -0.05) is 0 Å². The lowest BCUT2D eigenvalue weighted by atomic mass is 10.3. The van der Waals surface area contributed by atoms with E-state index >= 15 is 0 Å². The summed E-state index contributed by atoms with van der Waals surface area (Å²) in [5, 5.41) is -0.177. The first-order valence-corrected chi connectivity index (χ1v) is 7.61. The Balaban J connectivity index is 1.92. The Labute approximate surface area is 123 Å². The summed E-state index contributed by atoms with van der Waals surface area (Å²) in [6, 6.07) is 4.72. The van der Waals surface area contributed by atoms with Gasteiger partial charge in [0.25, 0.3) is 0 Å². The number of alkyl halides is 1. The molecule has 1 aromatic heterocycles. The highest BCUT2D eigenvalue weighted by Crippen LogP contribution is 2.25. The maximum absolute atomic E-state index is 13.5. The standard InChI is InChI=1S/C15H19ClFN3/c1-11(16)15-18-13-5-4-12(17)10-14(13)20(15)9-8-19-6-2-3-7-19/h4-5,10-11H,2-3,6-9H2,1H3. The molecule has 1 atom stereocenters. The van der Waals surface area contributed by atoms with Crippen LogP contribution in [-0.4, -0.2) is 34.1 Å². The van der Waals surface area contributed by atoms with Crippen molar-refractivity contribution >= 4 is 22.6 Å². The molecular weight excluding hydrogens is 277 g/mol. The first-order chi connectivity index (χ1) is 9.65. The Morgan fingerprint density at radius 1 is 1.30 bits per heavy atom. The molecule has 0 radical (unpaired) electrons. The quantitative estimate of drug-likeness (QED) is 0.804. The molecule has 1 aromatic carbocycles. The Morgan fingerprint density at radius 3 is 2.75 bits per heavy atom. The van der Waals surface area contributed by atoms with Crippen molar-refractivity contribution < 1.29 is 4.39 Å². The first-order valence-electron chi connectivity index (χ1n) is 7.17. The number of fused-ring (bicyclic) bond motifs is 1. The molecule has 1 aliphatic heterocycles. The number of nitrogens with zero attached hydrogens (tertiary/aromatic N) is 3. The van der Waals surface area contributed by atoms with Gasteiger partial charge in [-0.3, -0.25) is 0 Å². The Kier molecular flexibility index (Phi) is 3.94. The van der Waals surface area contributed by atoms with E-state index in [-0.39, 0.29) is 11.2 Å². The van der Waals surface area contributed by atoms with Gasteiger partial charge in [-0.25, -0.2) is 9.37 Å². The number of benzene rings is 1. The summed E-state index contributed by atoms with van der Waals surface area (Å²) in [4.78, 5) is 6.98. The molecule has 1 unspecified atom stereocenters. The third-order valence-corrected chi connectivity index (χ3v) is 4.13. The van der Waals surface area contributed by atoms with Gasteiger partial charge >= 0.3 is 0 Å². The van der Waals surface area contributed by atoms with Crippen LogP contribution in [0.15, 0.2) is 18.2 Å². The normalized spacial score (nSPS) is 17.9. The van der Waals surface area contributed by atoms with Gasteiger partial charge in [-0.05, 0) is 51.1 Å². The fourth-order valence-corrected chi connectivity index (χ4v) is 3.07. The van der Waals surface area contributed by atoms with Gasteiger partial charge in [0.15, 0.2) is 0 Å². The van der Waals surface area contributed by atoms with Crippen molar-refractivity contribution in [1.82, 2.24) is 14.5 Å². The van der Waals surface area contributed by atoms with Crippen LogP contribution in [0.25, 0.3) is 11.0 Å². The van der Waals surface area contributed by atoms with E-state index in [2.05, 4.69) is 14.5 Å². The largest absolute Gasteiger partial charge is 0.325 e. The predicted octanol–water partition coefficient (Wildman–Crippen LogP) is 3.57. The SMILES string of the molecule is CC(Cl)c1nc2ccc(F)cc2n1CCN1CCCC1. The average Bonchev–Trinajstić information content (AvgIpc) is 3.03. The average molecular weight is 296 g/mol. The van der Waals surface area contributed by atoms with Crippen molar-refractivity contribution in [1.29, 1.82) is 0 Å². The van der Waals surface area contributed by atoms with Crippen molar-refractivity contribution in [2.24, 2.45) is 0 Å². The van der Waals surface area contributed by atoms with Crippen molar-refractivity contribution in [3.63, 3.8) is 0 Å². The Bertz CT molecular complexity index is 602. The Morgan fingerprint density at radius 2 is 2.05 bits per heavy atom. The molecule has 2 aromatic rings. The lowest BCUT2D eigenvalue weighted by Crippen LogP contribution is -2.24. The van der Waals surface area contributed by atoms with Crippen LogP contribution < -0.4 is 0 Å². The predicted molar refractivity (Wildman–Crippen MR) is 79.6 cm³/mol. The van der Waals surface area contributed by atoms with Crippen LogP contribution in [0.4, 0.5) is 4.39 Å². The molecule has 2 heterocycles. The molecule has 0 spiro atoms. The molecule has 5 heteroatoms. The van der Waals surface area contributed by atoms with Gasteiger partial charge < -0.3 is 9.47 Å². The maximum Gasteiger partial charge on any atom is 0.127 e. The highest BCUT2D eigenvalue weighted by Gasteiger charge is 2.17.